The summed E-state index contributed by atoms with van der Waals surface area (Å²) < 4.78 is 25.0. The highest BCUT2D eigenvalue weighted by atomic mass is 79.9. The summed E-state index contributed by atoms with van der Waals surface area (Å²) in [6.07, 6.45) is 2.12. The molecule has 1 aliphatic heterocycles. The van der Waals surface area contributed by atoms with Crippen LogP contribution in [0.15, 0.2) is 53.0 Å². The molecule has 0 atom stereocenters. The first-order chi connectivity index (χ1) is 13.0. The van der Waals surface area contributed by atoms with Crippen LogP contribution in [0.25, 0.3) is 6.08 Å². The number of halogens is 2. The summed E-state index contributed by atoms with van der Waals surface area (Å²) in [7, 11) is 0. The molecule has 1 heterocycles. The summed E-state index contributed by atoms with van der Waals surface area (Å²) in [6, 6.07) is 10.9. The average Bonchev–Trinajstić information content (AvgIpc) is 2.69. The predicted molar refractivity (Wildman–Crippen MR) is 102 cm³/mol. The van der Waals surface area contributed by atoms with E-state index in [9.17, 15) is 14.0 Å². The van der Waals surface area contributed by atoms with Gasteiger partial charge in [0.15, 0.2) is 5.78 Å². The third kappa shape index (κ3) is 5.02. The number of carbonyl (C=O) groups is 2. The molecule has 2 aromatic carbocycles. The lowest BCUT2D eigenvalue weighted by molar-refractivity contribution is 0.0415. The zero-order chi connectivity index (χ0) is 19.2. The highest BCUT2D eigenvalue weighted by Gasteiger charge is 2.21. The number of rotatable bonds is 4. The number of morpholine rings is 1. The molecule has 0 spiro atoms. The maximum absolute atomic E-state index is 13.7. The largest absolute Gasteiger partial charge is 0.415 e. The Balaban J connectivity index is 1.80. The molecule has 5 nitrogen and oxygen atoms in total. The molecule has 1 amide bonds. The van der Waals surface area contributed by atoms with Gasteiger partial charge in [-0.25, -0.2) is 9.18 Å². The van der Waals surface area contributed by atoms with E-state index < -0.39 is 17.7 Å². The molecular formula is C20H17BrFNO4. The van der Waals surface area contributed by atoms with E-state index in [-0.39, 0.29) is 11.3 Å². The Kier molecular flexibility index (Phi) is 6.36. The summed E-state index contributed by atoms with van der Waals surface area (Å²) >= 11 is 3.31. The molecule has 7 heteroatoms. The number of ketones is 1. The first-order valence-electron chi connectivity index (χ1n) is 8.35. The Morgan fingerprint density at radius 3 is 2.63 bits per heavy atom. The van der Waals surface area contributed by atoms with Crippen molar-refractivity contribution in [3.63, 3.8) is 0 Å². The number of hydrogen-bond donors (Lipinski definition) is 0. The Labute approximate surface area is 164 Å². The molecule has 0 bridgehead atoms. The Morgan fingerprint density at radius 2 is 1.89 bits per heavy atom. The molecule has 0 unspecified atom stereocenters. The lowest BCUT2D eigenvalue weighted by Gasteiger charge is -2.26. The second-order valence-electron chi connectivity index (χ2n) is 5.83. The van der Waals surface area contributed by atoms with Gasteiger partial charge in [0.25, 0.3) is 0 Å². The number of nitrogens with zero attached hydrogens (tertiary/aromatic N) is 1. The second kappa shape index (κ2) is 8.92. The first kappa shape index (κ1) is 19.3. The Hall–Kier alpha value is -2.51. The van der Waals surface area contributed by atoms with Crippen LogP contribution < -0.4 is 4.74 Å². The van der Waals surface area contributed by atoms with Crippen LogP contribution >= 0.6 is 15.9 Å². The molecule has 3 rings (SSSR count). The molecule has 27 heavy (non-hydrogen) atoms. The van der Waals surface area contributed by atoms with Gasteiger partial charge >= 0.3 is 6.09 Å². The highest BCUT2D eigenvalue weighted by Crippen LogP contribution is 2.25. The normalized spacial score (nSPS) is 14.4. The fourth-order valence-electron chi connectivity index (χ4n) is 2.55. The zero-order valence-corrected chi connectivity index (χ0v) is 15.9. The average molecular weight is 434 g/mol. The number of allylic oxidation sites excluding steroid dienone is 1. The minimum atomic E-state index is -0.534. The van der Waals surface area contributed by atoms with Gasteiger partial charge in [-0.15, -0.1) is 0 Å². The van der Waals surface area contributed by atoms with Gasteiger partial charge in [0.05, 0.1) is 18.8 Å². The van der Waals surface area contributed by atoms with Gasteiger partial charge in [-0.3, -0.25) is 4.79 Å². The molecule has 1 saturated heterocycles. The number of amides is 1. The third-order valence-corrected chi connectivity index (χ3v) is 4.49. The summed E-state index contributed by atoms with van der Waals surface area (Å²) in [5, 5.41) is 0. The van der Waals surface area contributed by atoms with Crippen molar-refractivity contribution in [1.82, 2.24) is 4.90 Å². The lowest BCUT2D eigenvalue weighted by Crippen LogP contribution is -2.42. The molecular weight excluding hydrogens is 417 g/mol. The molecule has 0 saturated carbocycles. The number of ether oxygens (including phenoxy) is 2. The second-order valence-corrected chi connectivity index (χ2v) is 6.74. The van der Waals surface area contributed by atoms with E-state index in [2.05, 4.69) is 15.9 Å². The van der Waals surface area contributed by atoms with Gasteiger partial charge in [0.1, 0.15) is 11.6 Å². The highest BCUT2D eigenvalue weighted by molar-refractivity contribution is 9.10. The summed E-state index contributed by atoms with van der Waals surface area (Å²) in [5.41, 5.74) is 0.506. The predicted octanol–water partition coefficient (Wildman–Crippen LogP) is 4.32. The third-order valence-electron chi connectivity index (χ3n) is 3.99. The summed E-state index contributed by atoms with van der Waals surface area (Å²) in [6.45, 7) is 1.77. The van der Waals surface area contributed by atoms with Crippen molar-refractivity contribution in [2.45, 2.75) is 0 Å². The fourth-order valence-corrected chi connectivity index (χ4v) is 2.91. The molecule has 0 aliphatic carbocycles. The van der Waals surface area contributed by atoms with Crippen LogP contribution in [0.5, 0.6) is 5.75 Å². The topological polar surface area (TPSA) is 55.8 Å². The van der Waals surface area contributed by atoms with Crippen LogP contribution in [-0.4, -0.2) is 43.1 Å². The maximum Gasteiger partial charge on any atom is 0.415 e. The zero-order valence-electron chi connectivity index (χ0n) is 14.4. The minimum absolute atomic E-state index is 0.151. The molecule has 0 radical (unpaired) electrons. The van der Waals surface area contributed by atoms with Crippen LogP contribution in [0.2, 0.25) is 0 Å². The molecule has 0 N–H and O–H groups in total. The Bertz CT molecular complexity index is 878. The van der Waals surface area contributed by atoms with Crippen molar-refractivity contribution in [2.75, 3.05) is 26.3 Å². The quantitative estimate of drug-likeness (QED) is 0.532. The summed E-state index contributed by atoms with van der Waals surface area (Å²) in [4.78, 5) is 26.4. The van der Waals surface area contributed by atoms with E-state index >= 15 is 0 Å². The van der Waals surface area contributed by atoms with E-state index in [0.717, 1.165) is 0 Å². The molecule has 0 aromatic heterocycles. The molecule has 1 aliphatic rings. The van der Waals surface area contributed by atoms with Crippen molar-refractivity contribution in [1.29, 1.82) is 0 Å². The number of benzene rings is 2. The van der Waals surface area contributed by atoms with Crippen LogP contribution in [0.1, 0.15) is 15.9 Å². The van der Waals surface area contributed by atoms with Gasteiger partial charge in [-0.1, -0.05) is 34.1 Å². The van der Waals surface area contributed by atoms with Gasteiger partial charge in [-0.2, -0.15) is 0 Å². The van der Waals surface area contributed by atoms with Crippen molar-refractivity contribution < 1.29 is 23.5 Å². The SMILES string of the molecule is O=C(C=Cc1ccccc1F)c1cc(Br)ccc1OC(=O)N1CCOCC1. The van der Waals surface area contributed by atoms with Crippen LogP contribution in [0, 0.1) is 5.82 Å². The van der Waals surface area contributed by atoms with Crippen molar-refractivity contribution in [3.05, 3.63) is 70.0 Å². The van der Waals surface area contributed by atoms with E-state index in [0.29, 0.717) is 36.3 Å². The molecule has 1 fully saturated rings. The molecule has 140 valence electrons. The standard InChI is InChI=1S/C20H17BrFNO4/c21-15-6-8-19(27-20(25)23-9-11-26-12-10-23)16(13-15)18(24)7-5-14-3-1-2-4-17(14)22/h1-8,13H,9-12H2. The van der Waals surface area contributed by atoms with Gasteiger partial charge in [-0.05, 0) is 36.4 Å². The minimum Gasteiger partial charge on any atom is -0.409 e. The van der Waals surface area contributed by atoms with E-state index in [1.807, 2.05) is 0 Å². The molecule has 2 aromatic rings. The fraction of sp³-hybridized carbons (Fsp3) is 0.200. The smallest absolute Gasteiger partial charge is 0.409 e. The van der Waals surface area contributed by atoms with E-state index in [1.165, 1.54) is 23.1 Å². The van der Waals surface area contributed by atoms with Gasteiger partial charge in [0.2, 0.25) is 0 Å². The van der Waals surface area contributed by atoms with Gasteiger partial charge in [0, 0.05) is 23.1 Å². The van der Waals surface area contributed by atoms with Crippen LogP contribution in [0.4, 0.5) is 9.18 Å². The van der Waals surface area contributed by atoms with E-state index in [4.69, 9.17) is 9.47 Å². The van der Waals surface area contributed by atoms with Crippen molar-refractivity contribution >= 4 is 33.9 Å². The Morgan fingerprint density at radius 1 is 1.15 bits per heavy atom. The first-order valence-corrected chi connectivity index (χ1v) is 9.15. The van der Waals surface area contributed by atoms with Crippen molar-refractivity contribution in [2.24, 2.45) is 0 Å². The summed E-state index contributed by atoms with van der Waals surface area (Å²) in [5.74, 6) is -0.669. The lowest BCUT2D eigenvalue weighted by atomic mass is 10.1. The van der Waals surface area contributed by atoms with Crippen LogP contribution in [0.3, 0.4) is 0 Å². The number of carbonyl (C=O) groups excluding carboxylic acids is 2. The van der Waals surface area contributed by atoms with Crippen LogP contribution in [-0.2, 0) is 4.74 Å². The van der Waals surface area contributed by atoms with Crippen molar-refractivity contribution in [3.8, 4) is 5.75 Å². The van der Waals surface area contributed by atoms with Gasteiger partial charge < -0.3 is 14.4 Å². The maximum atomic E-state index is 13.7. The monoisotopic (exact) mass is 433 g/mol. The number of hydrogen-bond acceptors (Lipinski definition) is 4. The van der Waals surface area contributed by atoms with E-state index in [1.54, 1.807) is 36.4 Å².